The molecule has 1 aromatic carbocycles. The molecule has 2 nitrogen and oxygen atoms in total. The third-order valence-electron chi connectivity index (χ3n) is 3.21. The lowest BCUT2D eigenvalue weighted by atomic mass is 9.94. The molecule has 19 heavy (non-hydrogen) atoms. The molecule has 0 aliphatic carbocycles. The summed E-state index contributed by atoms with van der Waals surface area (Å²) in [5.41, 5.74) is 1.99. The van der Waals surface area contributed by atoms with E-state index in [0.29, 0.717) is 6.42 Å². The summed E-state index contributed by atoms with van der Waals surface area (Å²) in [4.78, 5) is 13.9. The SMILES string of the molecule is CCc1ccc(CC(C(=O)O)c2cccc(C)c2)s1. The predicted octanol–water partition coefficient (Wildman–Crippen LogP) is 4.03. The van der Waals surface area contributed by atoms with Gasteiger partial charge in [0.1, 0.15) is 0 Å². The van der Waals surface area contributed by atoms with Crippen LogP contribution in [0, 0.1) is 6.92 Å². The Kier molecular flexibility index (Phi) is 4.38. The molecule has 2 rings (SSSR count). The molecule has 0 bridgehead atoms. The van der Waals surface area contributed by atoms with Crippen LogP contribution in [0.1, 0.15) is 33.7 Å². The van der Waals surface area contributed by atoms with Crippen molar-refractivity contribution >= 4 is 17.3 Å². The first-order chi connectivity index (χ1) is 9.10. The van der Waals surface area contributed by atoms with Gasteiger partial charge in [0.2, 0.25) is 0 Å². The van der Waals surface area contributed by atoms with E-state index in [9.17, 15) is 9.90 Å². The number of rotatable bonds is 5. The lowest BCUT2D eigenvalue weighted by Crippen LogP contribution is -2.14. The highest BCUT2D eigenvalue weighted by molar-refractivity contribution is 7.12. The molecule has 1 heterocycles. The lowest BCUT2D eigenvalue weighted by molar-refractivity contribution is -0.138. The summed E-state index contributed by atoms with van der Waals surface area (Å²) in [6, 6.07) is 11.9. The van der Waals surface area contributed by atoms with Crippen molar-refractivity contribution in [3.8, 4) is 0 Å². The van der Waals surface area contributed by atoms with E-state index in [1.54, 1.807) is 11.3 Å². The molecular weight excluding hydrogens is 256 g/mol. The van der Waals surface area contributed by atoms with E-state index >= 15 is 0 Å². The summed E-state index contributed by atoms with van der Waals surface area (Å²) in [5.74, 6) is -1.21. The van der Waals surface area contributed by atoms with Gasteiger partial charge < -0.3 is 5.11 Å². The second kappa shape index (κ2) is 6.02. The number of aryl methyl sites for hydroxylation is 2. The van der Waals surface area contributed by atoms with Crippen molar-refractivity contribution in [1.29, 1.82) is 0 Å². The minimum absolute atomic E-state index is 0.455. The Balaban J connectivity index is 2.23. The maximum absolute atomic E-state index is 11.5. The van der Waals surface area contributed by atoms with Crippen molar-refractivity contribution < 1.29 is 9.90 Å². The number of carboxylic acids is 1. The monoisotopic (exact) mass is 274 g/mol. The van der Waals surface area contributed by atoms with E-state index in [0.717, 1.165) is 22.4 Å². The van der Waals surface area contributed by atoms with Crippen molar-refractivity contribution in [2.75, 3.05) is 0 Å². The Hall–Kier alpha value is -1.61. The van der Waals surface area contributed by atoms with Gasteiger partial charge in [0.15, 0.2) is 0 Å². The first kappa shape index (κ1) is 13.8. The number of carboxylic acid groups (broad SMARTS) is 1. The molecule has 0 spiro atoms. The van der Waals surface area contributed by atoms with Crippen LogP contribution in [0.3, 0.4) is 0 Å². The molecule has 0 aliphatic rings. The van der Waals surface area contributed by atoms with Crippen LogP contribution in [0.4, 0.5) is 0 Å². The fraction of sp³-hybridized carbons (Fsp3) is 0.312. The quantitative estimate of drug-likeness (QED) is 0.893. The van der Waals surface area contributed by atoms with Gasteiger partial charge in [-0.1, -0.05) is 36.8 Å². The summed E-state index contributed by atoms with van der Waals surface area (Å²) in [5, 5.41) is 9.45. The Morgan fingerprint density at radius 3 is 2.58 bits per heavy atom. The topological polar surface area (TPSA) is 37.3 Å². The van der Waals surface area contributed by atoms with Crippen molar-refractivity contribution in [2.45, 2.75) is 32.6 Å². The average molecular weight is 274 g/mol. The summed E-state index contributed by atoms with van der Waals surface area (Å²) in [6.07, 6.45) is 1.58. The van der Waals surface area contributed by atoms with E-state index in [1.807, 2.05) is 31.2 Å². The molecule has 1 N–H and O–H groups in total. The van der Waals surface area contributed by atoms with Crippen LogP contribution in [0.15, 0.2) is 36.4 Å². The maximum atomic E-state index is 11.5. The van der Waals surface area contributed by atoms with Gasteiger partial charge in [-0.05, 0) is 37.5 Å². The van der Waals surface area contributed by atoms with Crippen molar-refractivity contribution in [3.05, 3.63) is 57.3 Å². The summed E-state index contributed by atoms with van der Waals surface area (Å²) >= 11 is 1.71. The molecule has 1 aromatic heterocycles. The minimum atomic E-state index is -0.753. The number of hydrogen-bond donors (Lipinski definition) is 1. The van der Waals surface area contributed by atoms with E-state index in [4.69, 9.17) is 0 Å². The highest BCUT2D eigenvalue weighted by Gasteiger charge is 2.21. The van der Waals surface area contributed by atoms with Crippen LogP contribution < -0.4 is 0 Å². The van der Waals surface area contributed by atoms with Gasteiger partial charge in [0.25, 0.3) is 0 Å². The van der Waals surface area contributed by atoms with Gasteiger partial charge in [-0.2, -0.15) is 0 Å². The molecule has 0 aliphatic heterocycles. The van der Waals surface area contributed by atoms with E-state index in [1.165, 1.54) is 4.88 Å². The Morgan fingerprint density at radius 1 is 1.26 bits per heavy atom. The second-order valence-electron chi connectivity index (χ2n) is 4.73. The first-order valence-electron chi connectivity index (χ1n) is 6.47. The maximum Gasteiger partial charge on any atom is 0.311 e. The van der Waals surface area contributed by atoms with Crippen LogP contribution in [0.25, 0.3) is 0 Å². The molecule has 3 heteroatoms. The van der Waals surface area contributed by atoms with Crippen LogP contribution >= 0.6 is 11.3 Å². The Morgan fingerprint density at radius 2 is 2.00 bits per heavy atom. The Bertz CT molecular complexity index is 572. The lowest BCUT2D eigenvalue weighted by Gasteiger charge is -2.12. The Labute approximate surface area is 117 Å². The van der Waals surface area contributed by atoms with Gasteiger partial charge in [0.05, 0.1) is 5.92 Å². The molecule has 1 atom stereocenters. The molecule has 100 valence electrons. The number of aliphatic carboxylic acids is 1. The third-order valence-corrected chi connectivity index (χ3v) is 4.47. The minimum Gasteiger partial charge on any atom is -0.481 e. The van der Waals surface area contributed by atoms with Crippen LogP contribution in [0.2, 0.25) is 0 Å². The second-order valence-corrected chi connectivity index (χ2v) is 5.98. The van der Waals surface area contributed by atoms with Gasteiger partial charge in [-0.15, -0.1) is 11.3 Å². The summed E-state index contributed by atoms with van der Waals surface area (Å²) in [7, 11) is 0. The normalized spacial score (nSPS) is 12.3. The standard InChI is InChI=1S/C16H18O2S/c1-3-13-7-8-14(19-13)10-15(16(17)18)12-6-4-5-11(2)9-12/h4-9,15H,3,10H2,1-2H3,(H,17,18). The van der Waals surface area contributed by atoms with Crippen molar-refractivity contribution in [2.24, 2.45) is 0 Å². The smallest absolute Gasteiger partial charge is 0.311 e. The number of hydrogen-bond acceptors (Lipinski definition) is 2. The van der Waals surface area contributed by atoms with Crippen molar-refractivity contribution in [3.63, 3.8) is 0 Å². The molecule has 0 fully saturated rings. The van der Waals surface area contributed by atoms with E-state index < -0.39 is 11.9 Å². The largest absolute Gasteiger partial charge is 0.481 e. The number of benzene rings is 1. The third kappa shape index (κ3) is 3.44. The highest BCUT2D eigenvalue weighted by Crippen LogP contribution is 2.26. The van der Waals surface area contributed by atoms with E-state index in [-0.39, 0.29) is 0 Å². The average Bonchev–Trinajstić information content (AvgIpc) is 2.83. The summed E-state index contributed by atoms with van der Waals surface area (Å²) < 4.78 is 0. The zero-order valence-electron chi connectivity index (χ0n) is 11.2. The molecule has 1 unspecified atom stereocenters. The van der Waals surface area contributed by atoms with Crippen molar-refractivity contribution in [1.82, 2.24) is 0 Å². The van der Waals surface area contributed by atoms with Crippen LogP contribution in [0.5, 0.6) is 0 Å². The molecule has 2 aromatic rings. The zero-order valence-corrected chi connectivity index (χ0v) is 12.0. The molecule has 0 radical (unpaired) electrons. The molecule has 0 amide bonds. The van der Waals surface area contributed by atoms with Gasteiger partial charge in [0, 0.05) is 9.75 Å². The summed E-state index contributed by atoms with van der Waals surface area (Å²) in [6.45, 7) is 4.10. The predicted molar refractivity (Wildman–Crippen MR) is 79.0 cm³/mol. The molecule has 0 saturated heterocycles. The van der Waals surface area contributed by atoms with Crippen LogP contribution in [-0.2, 0) is 17.6 Å². The van der Waals surface area contributed by atoms with E-state index in [2.05, 4.69) is 19.1 Å². The highest BCUT2D eigenvalue weighted by atomic mass is 32.1. The van der Waals surface area contributed by atoms with Crippen LogP contribution in [-0.4, -0.2) is 11.1 Å². The van der Waals surface area contributed by atoms with Gasteiger partial charge in [-0.3, -0.25) is 4.79 Å². The fourth-order valence-electron chi connectivity index (χ4n) is 2.16. The number of thiophene rings is 1. The zero-order chi connectivity index (χ0) is 13.8. The number of carbonyl (C=O) groups is 1. The first-order valence-corrected chi connectivity index (χ1v) is 7.28. The molecular formula is C16H18O2S. The fourth-order valence-corrected chi connectivity index (χ4v) is 3.16. The van der Waals surface area contributed by atoms with Gasteiger partial charge >= 0.3 is 5.97 Å². The molecule has 0 saturated carbocycles. The van der Waals surface area contributed by atoms with Gasteiger partial charge in [-0.25, -0.2) is 0 Å².